The summed E-state index contributed by atoms with van der Waals surface area (Å²) in [5.41, 5.74) is 4.35. The quantitative estimate of drug-likeness (QED) is 0.0536. The van der Waals surface area contributed by atoms with E-state index in [4.69, 9.17) is 9.05 Å². The Kier molecular flexibility index (Phi) is 29.1. The molecule has 0 aromatic heterocycles. The van der Waals surface area contributed by atoms with Crippen LogP contribution < -0.4 is 5.32 Å². The van der Waals surface area contributed by atoms with Crippen LogP contribution in [0.15, 0.2) is 48.5 Å². The molecule has 0 radical (unpaired) electrons. The molecule has 1 aliphatic carbocycles. The standard InChI is InChI=1S/C53H92NO3P/c1-4-7-10-12-14-16-18-20-22-24-26-28-30-32-34-40-47-56-58(55,57-48-41-35-33-31-29-27-25-23-21-19-17-15-13-11-8-5-2)53(54-46-9-6-3)51-44-38-36-42-49(51)50-43-37-39-45-52(50)53/h36-39,42-45,54H,4-35,40-41,46-48H2,1-3H3. The zero-order chi connectivity index (χ0) is 41.3. The molecule has 1 N–H and O–H groups in total. The SMILES string of the molecule is CCCCCCCCCCCCCCCCCCOP(=O)(OCCCCCCCCCCCCCCCCCC)C1(NCCCC)c2ccccc2-c2ccccc21. The van der Waals surface area contributed by atoms with E-state index in [9.17, 15) is 0 Å². The molecule has 0 unspecified atom stereocenters. The molecule has 0 heterocycles. The van der Waals surface area contributed by atoms with E-state index >= 15 is 4.57 Å². The number of hydrogen-bond acceptors (Lipinski definition) is 4. The minimum absolute atomic E-state index is 0.468. The van der Waals surface area contributed by atoms with Gasteiger partial charge in [0.05, 0.1) is 13.2 Å². The zero-order valence-corrected chi connectivity index (χ0v) is 39.3. The molecule has 332 valence electrons. The molecule has 0 saturated carbocycles. The maximum Gasteiger partial charge on any atom is 0.359 e. The van der Waals surface area contributed by atoms with Gasteiger partial charge in [0.2, 0.25) is 0 Å². The minimum atomic E-state index is -3.69. The highest BCUT2D eigenvalue weighted by molar-refractivity contribution is 7.55. The van der Waals surface area contributed by atoms with Gasteiger partial charge in [-0.3, -0.25) is 9.88 Å². The summed E-state index contributed by atoms with van der Waals surface area (Å²) >= 11 is 0. The molecule has 2 aromatic rings. The molecule has 0 atom stereocenters. The number of hydrogen-bond donors (Lipinski definition) is 1. The van der Waals surface area contributed by atoms with Gasteiger partial charge in [-0.25, -0.2) is 0 Å². The van der Waals surface area contributed by atoms with Crippen LogP contribution in [0.25, 0.3) is 11.1 Å². The Morgan fingerprint density at radius 2 is 0.672 bits per heavy atom. The van der Waals surface area contributed by atoms with Gasteiger partial charge >= 0.3 is 7.60 Å². The summed E-state index contributed by atoms with van der Waals surface area (Å²) < 4.78 is 29.0. The summed E-state index contributed by atoms with van der Waals surface area (Å²) in [6, 6.07) is 17.0. The van der Waals surface area contributed by atoms with Crippen molar-refractivity contribution < 1.29 is 13.6 Å². The van der Waals surface area contributed by atoms with Crippen molar-refractivity contribution in [1.29, 1.82) is 0 Å². The van der Waals surface area contributed by atoms with Crippen molar-refractivity contribution in [3.8, 4) is 11.1 Å². The van der Waals surface area contributed by atoms with Gasteiger partial charge in [-0.15, -0.1) is 0 Å². The first-order valence-corrected chi connectivity index (χ1v) is 27.0. The van der Waals surface area contributed by atoms with Crippen LogP contribution in [-0.2, 0) is 18.9 Å². The second-order valence-corrected chi connectivity index (χ2v) is 20.0. The lowest BCUT2D eigenvalue weighted by Crippen LogP contribution is -2.43. The van der Waals surface area contributed by atoms with Crippen molar-refractivity contribution >= 4 is 7.60 Å². The predicted octanol–water partition coefficient (Wildman–Crippen LogP) is 18.0. The molecule has 0 spiro atoms. The molecule has 58 heavy (non-hydrogen) atoms. The average molecular weight is 822 g/mol. The van der Waals surface area contributed by atoms with Crippen LogP contribution in [0.1, 0.15) is 250 Å². The van der Waals surface area contributed by atoms with Crippen LogP contribution in [0.4, 0.5) is 0 Å². The van der Waals surface area contributed by atoms with E-state index in [0.717, 1.165) is 67.3 Å². The lowest BCUT2D eigenvalue weighted by Gasteiger charge is -2.39. The van der Waals surface area contributed by atoms with Crippen molar-refractivity contribution in [2.75, 3.05) is 19.8 Å². The van der Waals surface area contributed by atoms with Crippen molar-refractivity contribution in [1.82, 2.24) is 5.32 Å². The molecular weight excluding hydrogens is 730 g/mol. The fourth-order valence-corrected chi connectivity index (χ4v) is 11.6. The van der Waals surface area contributed by atoms with Crippen molar-refractivity contribution in [2.24, 2.45) is 0 Å². The number of unbranched alkanes of at least 4 members (excludes halogenated alkanes) is 31. The number of nitrogens with one attached hydrogen (secondary N) is 1. The summed E-state index contributed by atoms with van der Waals surface area (Å²) in [6.45, 7) is 8.50. The van der Waals surface area contributed by atoms with Gasteiger partial charge in [0, 0.05) is 0 Å². The smallest absolute Gasteiger partial charge is 0.307 e. The predicted molar refractivity (Wildman–Crippen MR) is 254 cm³/mol. The first kappa shape index (κ1) is 50.9. The maximum atomic E-state index is 15.7. The molecular formula is C53H92NO3P. The normalized spacial score (nSPS) is 13.3. The summed E-state index contributed by atoms with van der Waals surface area (Å²) in [4.78, 5) is 0. The topological polar surface area (TPSA) is 47.6 Å². The van der Waals surface area contributed by atoms with E-state index in [1.807, 2.05) is 0 Å². The van der Waals surface area contributed by atoms with Crippen molar-refractivity contribution in [3.63, 3.8) is 0 Å². The Balaban J connectivity index is 1.45. The second-order valence-electron chi connectivity index (χ2n) is 17.9. The molecule has 1 aliphatic rings. The number of rotatable bonds is 41. The molecule has 2 aromatic carbocycles. The number of fused-ring (bicyclic) bond motifs is 3. The molecule has 4 nitrogen and oxygen atoms in total. The van der Waals surface area contributed by atoms with Crippen LogP contribution >= 0.6 is 7.60 Å². The molecule has 0 amide bonds. The van der Waals surface area contributed by atoms with E-state index in [0.29, 0.717) is 13.2 Å². The fraction of sp³-hybridized carbons (Fsp3) is 0.774. The Bertz CT molecular complexity index is 1220. The monoisotopic (exact) mass is 822 g/mol. The molecule has 5 heteroatoms. The lowest BCUT2D eigenvalue weighted by atomic mass is 10.0. The third-order valence-corrected chi connectivity index (χ3v) is 15.3. The van der Waals surface area contributed by atoms with Gasteiger partial charge in [0.15, 0.2) is 5.28 Å². The van der Waals surface area contributed by atoms with Crippen molar-refractivity contribution in [3.05, 3.63) is 59.7 Å². The zero-order valence-electron chi connectivity index (χ0n) is 38.5. The van der Waals surface area contributed by atoms with Crippen molar-refractivity contribution in [2.45, 2.75) is 244 Å². The summed E-state index contributed by atoms with van der Waals surface area (Å²) in [7, 11) is -3.69. The molecule has 0 fully saturated rings. The third-order valence-electron chi connectivity index (χ3n) is 12.8. The van der Waals surface area contributed by atoms with Gasteiger partial charge in [-0.2, -0.15) is 0 Å². The van der Waals surface area contributed by atoms with Gasteiger partial charge in [-0.05, 0) is 48.1 Å². The minimum Gasteiger partial charge on any atom is -0.307 e. The van der Waals surface area contributed by atoms with Gasteiger partial charge in [0.1, 0.15) is 0 Å². The lowest BCUT2D eigenvalue weighted by molar-refractivity contribution is 0.175. The van der Waals surface area contributed by atoms with Gasteiger partial charge in [0.25, 0.3) is 0 Å². The maximum absolute atomic E-state index is 15.7. The van der Waals surface area contributed by atoms with Gasteiger partial charge in [-0.1, -0.05) is 268 Å². The average Bonchev–Trinajstić information content (AvgIpc) is 3.54. The second kappa shape index (κ2) is 33.2. The van der Waals surface area contributed by atoms with E-state index in [-0.39, 0.29) is 0 Å². The van der Waals surface area contributed by atoms with E-state index in [2.05, 4.69) is 74.6 Å². The third kappa shape index (κ3) is 18.7. The summed E-state index contributed by atoms with van der Waals surface area (Å²) in [5.74, 6) is 0. The van der Waals surface area contributed by atoms with Crippen LogP contribution in [0.3, 0.4) is 0 Å². The van der Waals surface area contributed by atoms with Crippen LogP contribution in [0.5, 0.6) is 0 Å². The first-order valence-electron chi connectivity index (χ1n) is 25.5. The van der Waals surface area contributed by atoms with E-state index in [1.54, 1.807) is 0 Å². The molecule has 3 rings (SSSR count). The van der Waals surface area contributed by atoms with Crippen LogP contribution in [0.2, 0.25) is 0 Å². The Hall–Kier alpha value is -1.45. The summed E-state index contributed by atoms with van der Waals surface area (Å²) in [5, 5.41) is 2.85. The van der Waals surface area contributed by atoms with Crippen LogP contribution in [0, 0.1) is 0 Å². The Morgan fingerprint density at radius 3 is 0.983 bits per heavy atom. The first-order chi connectivity index (χ1) is 28.6. The van der Waals surface area contributed by atoms with Crippen LogP contribution in [-0.4, -0.2) is 19.8 Å². The van der Waals surface area contributed by atoms with Gasteiger partial charge < -0.3 is 9.05 Å². The molecule has 0 aliphatic heterocycles. The highest BCUT2D eigenvalue weighted by Gasteiger charge is 2.58. The Morgan fingerprint density at radius 1 is 0.397 bits per heavy atom. The Labute approximate surface area is 360 Å². The van der Waals surface area contributed by atoms with E-state index in [1.165, 1.54) is 180 Å². The largest absolute Gasteiger partial charge is 0.359 e. The highest BCUT2D eigenvalue weighted by Crippen LogP contribution is 2.71. The summed E-state index contributed by atoms with van der Waals surface area (Å²) in [6.07, 6.45) is 44.7. The number of benzene rings is 2. The molecule has 0 saturated heterocycles. The highest BCUT2D eigenvalue weighted by atomic mass is 31.2. The fourth-order valence-electron chi connectivity index (χ4n) is 9.14. The molecule has 0 bridgehead atoms. The van der Waals surface area contributed by atoms with E-state index < -0.39 is 12.9 Å².